The van der Waals surface area contributed by atoms with E-state index in [1.807, 2.05) is 11.8 Å². The Kier molecular flexibility index (Phi) is 5.79. The molecule has 2 aliphatic carbocycles. The molecule has 0 atom stereocenters. The molecule has 2 N–H and O–H groups in total. The van der Waals surface area contributed by atoms with Crippen molar-refractivity contribution in [1.29, 1.82) is 0 Å². The lowest BCUT2D eigenvalue weighted by Crippen LogP contribution is -2.57. The number of hydrogen-bond acceptors (Lipinski definition) is 3. The third kappa shape index (κ3) is 3.98. The van der Waals surface area contributed by atoms with Gasteiger partial charge < -0.3 is 10.4 Å². The maximum atomic E-state index is 14.4. The van der Waals surface area contributed by atoms with Crippen LogP contribution in [0.15, 0.2) is 18.2 Å². The summed E-state index contributed by atoms with van der Waals surface area (Å²) in [5.41, 5.74) is -0.662. The van der Waals surface area contributed by atoms with Gasteiger partial charge in [-0.2, -0.15) is 0 Å². The molecule has 2 saturated carbocycles. The quantitative estimate of drug-likeness (QED) is 0.763. The normalized spacial score (nSPS) is 23.9. The SMILES string of the molecule is CCN(CC(=O)O)C1CC(NC(=O)C2(c3ccc(F)cc3F)CCCC2)C1. The van der Waals surface area contributed by atoms with E-state index in [9.17, 15) is 18.4 Å². The van der Waals surface area contributed by atoms with E-state index in [2.05, 4.69) is 5.32 Å². The number of aliphatic carboxylic acids is 1. The van der Waals surface area contributed by atoms with Crippen LogP contribution >= 0.6 is 0 Å². The van der Waals surface area contributed by atoms with Gasteiger partial charge in [0.15, 0.2) is 0 Å². The van der Waals surface area contributed by atoms with Crippen molar-refractivity contribution in [1.82, 2.24) is 10.2 Å². The largest absolute Gasteiger partial charge is 0.480 e. The molecule has 0 spiro atoms. The number of rotatable bonds is 7. The zero-order chi connectivity index (χ0) is 19.6. The fourth-order valence-electron chi connectivity index (χ4n) is 4.48. The molecule has 0 aliphatic heterocycles. The number of benzene rings is 1. The van der Waals surface area contributed by atoms with E-state index >= 15 is 0 Å². The highest BCUT2D eigenvalue weighted by atomic mass is 19.1. The first-order valence-corrected chi connectivity index (χ1v) is 9.58. The van der Waals surface area contributed by atoms with E-state index in [-0.39, 0.29) is 30.1 Å². The Bertz CT molecular complexity index is 713. The molecule has 5 nitrogen and oxygen atoms in total. The van der Waals surface area contributed by atoms with Crippen LogP contribution in [-0.2, 0) is 15.0 Å². The van der Waals surface area contributed by atoms with Gasteiger partial charge in [-0.1, -0.05) is 25.8 Å². The Hall–Kier alpha value is -2.02. The van der Waals surface area contributed by atoms with Crippen LogP contribution in [0.4, 0.5) is 8.78 Å². The number of nitrogens with one attached hydrogen (secondary N) is 1. The van der Waals surface area contributed by atoms with E-state index in [1.54, 1.807) is 0 Å². The second kappa shape index (κ2) is 7.92. The maximum Gasteiger partial charge on any atom is 0.317 e. The third-order valence-corrected chi connectivity index (χ3v) is 6.05. The monoisotopic (exact) mass is 380 g/mol. The Morgan fingerprint density at radius 2 is 1.93 bits per heavy atom. The molecule has 2 aliphatic rings. The van der Waals surface area contributed by atoms with Crippen molar-refractivity contribution in [3.05, 3.63) is 35.4 Å². The van der Waals surface area contributed by atoms with Crippen LogP contribution < -0.4 is 5.32 Å². The van der Waals surface area contributed by atoms with Crippen LogP contribution in [0, 0.1) is 11.6 Å². The molecule has 0 saturated heterocycles. The first-order chi connectivity index (χ1) is 12.9. The number of carboxylic acids is 1. The summed E-state index contributed by atoms with van der Waals surface area (Å²) in [5.74, 6) is -2.38. The van der Waals surface area contributed by atoms with Gasteiger partial charge in [-0.05, 0) is 38.3 Å². The number of nitrogens with zero attached hydrogens (tertiary/aromatic N) is 1. The lowest BCUT2D eigenvalue weighted by Gasteiger charge is -2.43. The molecule has 1 aromatic carbocycles. The van der Waals surface area contributed by atoms with Gasteiger partial charge in [0.1, 0.15) is 11.6 Å². The second-order valence-electron chi connectivity index (χ2n) is 7.67. The summed E-state index contributed by atoms with van der Waals surface area (Å²) in [6.45, 7) is 2.55. The Morgan fingerprint density at radius 3 is 2.48 bits per heavy atom. The lowest BCUT2D eigenvalue weighted by atomic mass is 9.76. The molecule has 7 heteroatoms. The maximum absolute atomic E-state index is 14.4. The summed E-state index contributed by atoms with van der Waals surface area (Å²) >= 11 is 0. The first kappa shape index (κ1) is 19.7. The smallest absolute Gasteiger partial charge is 0.317 e. The van der Waals surface area contributed by atoms with Crippen molar-refractivity contribution < 1.29 is 23.5 Å². The highest BCUT2D eigenvalue weighted by molar-refractivity contribution is 5.89. The Labute approximate surface area is 157 Å². The number of carboxylic acid groups (broad SMARTS) is 1. The van der Waals surface area contributed by atoms with Crippen LogP contribution in [0.3, 0.4) is 0 Å². The second-order valence-corrected chi connectivity index (χ2v) is 7.67. The molecule has 1 amide bonds. The van der Waals surface area contributed by atoms with Gasteiger partial charge in [-0.15, -0.1) is 0 Å². The molecular weight excluding hydrogens is 354 g/mol. The van der Waals surface area contributed by atoms with Crippen molar-refractivity contribution in [2.45, 2.75) is 62.9 Å². The average molecular weight is 380 g/mol. The number of halogens is 2. The molecule has 1 aromatic rings. The molecule has 3 rings (SSSR count). The summed E-state index contributed by atoms with van der Waals surface area (Å²) in [7, 11) is 0. The number of likely N-dealkylation sites (N-methyl/N-ethyl adjacent to an activating group) is 1. The van der Waals surface area contributed by atoms with Crippen molar-refractivity contribution in [2.24, 2.45) is 0 Å². The zero-order valence-corrected chi connectivity index (χ0v) is 15.5. The number of amides is 1. The van der Waals surface area contributed by atoms with Crippen molar-refractivity contribution in [2.75, 3.05) is 13.1 Å². The summed E-state index contributed by atoms with van der Waals surface area (Å²) in [5, 5.41) is 12.0. The highest BCUT2D eigenvalue weighted by Gasteiger charge is 2.46. The van der Waals surface area contributed by atoms with E-state index in [0.29, 0.717) is 32.2 Å². The number of carbonyl (C=O) groups excluding carboxylic acids is 1. The van der Waals surface area contributed by atoms with Crippen LogP contribution in [0.25, 0.3) is 0 Å². The predicted octanol–water partition coefficient (Wildman–Crippen LogP) is 2.83. The van der Waals surface area contributed by atoms with E-state index < -0.39 is 23.0 Å². The molecule has 148 valence electrons. The molecule has 0 bridgehead atoms. The van der Waals surface area contributed by atoms with Gasteiger partial charge in [0.2, 0.25) is 5.91 Å². The first-order valence-electron chi connectivity index (χ1n) is 9.58. The minimum absolute atomic E-state index is 0.00738. The van der Waals surface area contributed by atoms with Gasteiger partial charge in [-0.25, -0.2) is 8.78 Å². The minimum atomic E-state index is -0.936. The molecule has 0 heterocycles. The Balaban J connectivity index is 1.67. The highest BCUT2D eigenvalue weighted by Crippen LogP contribution is 2.43. The molecule has 27 heavy (non-hydrogen) atoms. The van der Waals surface area contributed by atoms with Gasteiger partial charge in [0.05, 0.1) is 12.0 Å². The minimum Gasteiger partial charge on any atom is -0.480 e. The van der Waals surface area contributed by atoms with Crippen molar-refractivity contribution in [3.8, 4) is 0 Å². The fraction of sp³-hybridized carbons (Fsp3) is 0.600. The summed E-state index contributed by atoms with van der Waals surface area (Å²) in [4.78, 5) is 25.9. The summed E-state index contributed by atoms with van der Waals surface area (Å²) < 4.78 is 27.7. The summed E-state index contributed by atoms with van der Waals surface area (Å²) in [6.07, 6.45) is 4.15. The third-order valence-electron chi connectivity index (χ3n) is 6.05. The molecule has 0 unspecified atom stereocenters. The molecule has 2 fully saturated rings. The fourth-order valence-corrected chi connectivity index (χ4v) is 4.48. The lowest BCUT2D eigenvalue weighted by molar-refractivity contribution is -0.140. The predicted molar refractivity (Wildman–Crippen MR) is 96.3 cm³/mol. The van der Waals surface area contributed by atoms with E-state index in [1.165, 1.54) is 12.1 Å². The van der Waals surface area contributed by atoms with E-state index in [0.717, 1.165) is 18.9 Å². The topological polar surface area (TPSA) is 69.6 Å². The van der Waals surface area contributed by atoms with Crippen LogP contribution in [0.1, 0.15) is 51.0 Å². The number of carbonyl (C=O) groups is 2. The molecular formula is C20H26F2N2O3. The van der Waals surface area contributed by atoms with Gasteiger partial charge in [0, 0.05) is 23.7 Å². The zero-order valence-electron chi connectivity index (χ0n) is 15.5. The van der Waals surface area contributed by atoms with E-state index in [4.69, 9.17) is 5.11 Å². The number of hydrogen-bond donors (Lipinski definition) is 2. The summed E-state index contributed by atoms with van der Waals surface area (Å²) in [6, 6.07) is 3.54. The average Bonchev–Trinajstić information content (AvgIpc) is 3.06. The van der Waals surface area contributed by atoms with Gasteiger partial charge >= 0.3 is 5.97 Å². The van der Waals surface area contributed by atoms with Crippen LogP contribution in [-0.4, -0.2) is 47.1 Å². The molecule has 0 aromatic heterocycles. The Morgan fingerprint density at radius 1 is 1.26 bits per heavy atom. The van der Waals surface area contributed by atoms with Crippen LogP contribution in [0.5, 0.6) is 0 Å². The molecule has 0 radical (unpaired) electrons. The van der Waals surface area contributed by atoms with Gasteiger partial charge in [-0.3, -0.25) is 14.5 Å². The van der Waals surface area contributed by atoms with Crippen molar-refractivity contribution >= 4 is 11.9 Å². The van der Waals surface area contributed by atoms with Gasteiger partial charge in [0.25, 0.3) is 0 Å². The standard InChI is InChI=1S/C20H26F2N2O3/c1-2-24(12-18(25)26)15-10-14(11-15)23-19(27)20(7-3-4-8-20)16-6-5-13(21)9-17(16)22/h5-6,9,14-15H,2-4,7-8,10-12H2,1H3,(H,23,27)(H,25,26). The van der Waals surface area contributed by atoms with Crippen LogP contribution in [0.2, 0.25) is 0 Å². The van der Waals surface area contributed by atoms with Crippen molar-refractivity contribution in [3.63, 3.8) is 0 Å².